The maximum absolute atomic E-state index is 11.9. The first-order valence-electron chi connectivity index (χ1n) is 7.34. The lowest BCUT2D eigenvalue weighted by Gasteiger charge is -2.31. The van der Waals surface area contributed by atoms with E-state index < -0.39 is 24.0 Å². The zero-order valence-corrected chi connectivity index (χ0v) is 13.1. The van der Waals surface area contributed by atoms with Gasteiger partial charge in [-0.1, -0.05) is 31.0 Å². The van der Waals surface area contributed by atoms with Crippen LogP contribution in [0, 0.1) is 11.3 Å². The Kier molecular flexibility index (Phi) is 5.66. The number of nitrogens with one attached hydrogen (secondary N) is 1. The van der Waals surface area contributed by atoms with Crippen LogP contribution in [-0.4, -0.2) is 53.0 Å². The van der Waals surface area contributed by atoms with Crippen molar-refractivity contribution in [2.45, 2.75) is 37.6 Å². The molecule has 0 atom stereocenters. The zero-order chi connectivity index (χ0) is 16.0. The highest BCUT2D eigenvalue weighted by Crippen LogP contribution is 2.27. The van der Waals surface area contributed by atoms with E-state index in [2.05, 4.69) is 11.4 Å². The van der Waals surface area contributed by atoms with E-state index in [-0.39, 0.29) is 11.8 Å². The average Bonchev–Trinajstić information content (AvgIpc) is 2.91. The molecule has 1 saturated carbocycles. The lowest BCUT2D eigenvalue weighted by molar-refractivity contribution is -0.149. The Hall–Kier alpha value is -1.75. The van der Waals surface area contributed by atoms with Crippen molar-refractivity contribution >= 4 is 28.9 Å². The van der Waals surface area contributed by atoms with Gasteiger partial charge in [0, 0.05) is 12.3 Å². The van der Waals surface area contributed by atoms with Crippen LogP contribution in [0.2, 0.25) is 0 Å². The van der Waals surface area contributed by atoms with Gasteiger partial charge in [0.1, 0.15) is 12.1 Å². The van der Waals surface area contributed by atoms with E-state index in [0.29, 0.717) is 25.1 Å². The minimum atomic E-state index is -0.830. The molecular weight excluding hydrogens is 306 g/mol. The summed E-state index contributed by atoms with van der Waals surface area (Å²) in [6, 6.07) is 2.17. The molecule has 1 saturated heterocycles. The summed E-state index contributed by atoms with van der Waals surface area (Å²) >= 11 is 1.16. The highest BCUT2D eigenvalue weighted by atomic mass is 32.2. The number of thioether (sulfide) groups is 1. The van der Waals surface area contributed by atoms with Gasteiger partial charge in [-0.25, -0.2) is 0 Å². The zero-order valence-electron chi connectivity index (χ0n) is 12.3. The number of esters is 1. The van der Waals surface area contributed by atoms with E-state index in [0.717, 1.165) is 31.0 Å². The lowest BCUT2D eigenvalue weighted by Crippen LogP contribution is -2.50. The second-order valence-electron chi connectivity index (χ2n) is 5.50. The third-order valence-corrected chi connectivity index (χ3v) is 4.72. The van der Waals surface area contributed by atoms with Gasteiger partial charge in [-0.05, 0) is 12.8 Å². The Morgan fingerprint density at radius 2 is 2.09 bits per heavy atom. The summed E-state index contributed by atoms with van der Waals surface area (Å²) in [7, 11) is 0. The van der Waals surface area contributed by atoms with Gasteiger partial charge < -0.3 is 15.0 Å². The molecule has 1 heterocycles. The van der Waals surface area contributed by atoms with Crippen LogP contribution in [0.4, 0.5) is 4.79 Å². The summed E-state index contributed by atoms with van der Waals surface area (Å²) < 4.78 is 4.88. The van der Waals surface area contributed by atoms with Gasteiger partial charge >= 0.3 is 5.97 Å². The van der Waals surface area contributed by atoms with Crippen molar-refractivity contribution in [1.29, 1.82) is 5.26 Å². The Bertz CT molecular complexity index is 497. The van der Waals surface area contributed by atoms with Gasteiger partial charge in [-0.3, -0.25) is 14.4 Å². The van der Waals surface area contributed by atoms with E-state index in [4.69, 9.17) is 4.74 Å². The molecule has 0 spiro atoms. The Morgan fingerprint density at radius 1 is 1.36 bits per heavy atom. The monoisotopic (exact) mass is 325 g/mol. The molecule has 0 bridgehead atoms. The van der Waals surface area contributed by atoms with Crippen LogP contribution in [0.1, 0.15) is 32.1 Å². The van der Waals surface area contributed by atoms with Crippen molar-refractivity contribution in [2.24, 2.45) is 0 Å². The van der Waals surface area contributed by atoms with Crippen LogP contribution < -0.4 is 5.32 Å². The van der Waals surface area contributed by atoms with Crippen molar-refractivity contribution in [3.8, 4) is 6.07 Å². The summed E-state index contributed by atoms with van der Waals surface area (Å²) in [6.45, 7) is -0.0394. The molecule has 120 valence electrons. The lowest BCUT2D eigenvalue weighted by atomic mass is 9.83. The number of rotatable bonds is 5. The molecule has 2 fully saturated rings. The molecule has 0 aromatic heterocycles. The van der Waals surface area contributed by atoms with Crippen molar-refractivity contribution < 1.29 is 19.1 Å². The van der Waals surface area contributed by atoms with Crippen LogP contribution in [0.5, 0.6) is 0 Å². The van der Waals surface area contributed by atoms with Gasteiger partial charge in [0.15, 0.2) is 6.61 Å². The van der Waals surface area contributed by atoms with Crippen molar-refractivity contribution in [1.82, 2.24) is 10.2 Å². The van der Waals surface area contributed by atoms with Gasteiger partial charge in [0.05, 0.1) is 6.07 Å². The fraction of sp³-hybridized carbons (Fsp3) is 0.714. The predicted octanol–water partition coefficient (Wildman–Crippen LogP) is 1.04. The molecular formula is C14H19N3O4S. The van der Waals surface area contributed by atoms with Crippen LogP contribution in [-0.2, 0) is 14.3 Å². The number of ether oxygens (including phenoxy) is 1. The summed E-state index contributed by atoms with van der Waals surface area (Å²) in [5, 5.41) is 11.8. The fourth-order valence-electron chi connectivity index (χ4n) is 2.64. The number of carbonyl (C=O) groups is 3. The molecule has 22 heavy (non-hydrogen) atoms. The Balaban J connectivity index is 1.74. The first-order valence-corrected chi connectivity index (χ1v) is 8.33. The first-order chi connectivity index (χ1) is 10.5. The van der Waals surface area contributed by atoms with E-state index in [1.165, 1.54) is 4.90 Å². The molecule has 2 rings (SSSR count). The number of hydrogen-bond acceptors (Lipinski definition) is 6. The molecule has 0 aromatic rings. The predicted molar refractivity (Wildman–Crippen MR) is 80.0 cm³/mol. The number of amides is 2. The maximum Gasteiger partial charge on any atom is 0.326 e. The number of hydrogen-bond donors (Lipinski definition) is 1. The molecule has 2 aliphatic rings. The van der Waals surface area contributed by atoms with Gasteiger partial charge in [0.25, 0.3) is 11.1 Å². The van der Waals surface area contributed by atoms with Gasteiger partial charge in [-0.2, -0.15) is 5.26 Å². The van der Waals surface area contributed by atoms with Crippen LogP contribution in [0.25, 0.3) is 0 Å². The standard InChI is InChI=1S/C14H19N3O4S/c15-10-14(4-2-1-3-5-14)16-11(18)9-21-12(19)8-17-6-7-22-13(17)20/h1-9H2,(H,16,18). The number of nitrogens with zero attached hydrogens (tertiary/aromatic N) is 2. The smallest absolute Gasteiger partial charge is 0.326 e. The van der Waals surface area contributed by atoms with Crippen LogP contribution in [0.3, 0.4) is 0 Å². The van der Waals surface area contributed by atoms with E-state index in [1.54, 1.807) is 0 Å². The minimum Gasteiger partial charge on any atom is -0.454 e. The highest BCUT2D eigenvalue weighted by Gasteiger charge is 2.33. The third kappa shape index (κ3) is 4.37. The first kappa shape index (κ1) is 16.6. The second kappa shape index (κ2) is 7.49. The van der Waals surface area contributed by atoms with Gasteiger partial charge in [-0.15, -0.1) is 0 Å². The van der Waals surface area contributed by atoms with Crippen LogP contribution in [0.15, 0.2) is 0 Å². The normalized spacial score (nSPS) is 20.3. The Labute approximate surface area is 133 Å². The minimum absolute atomic E-state index is 0.136. The van der Waals surface area contributed by atoms with Gasteiger partial charge in [0.2, 0.25) is 0 Å². The van der Waals surface area contributed by atoms with E-state index in [1.807, 2.05) is 0 Å². The Morgan fingerprint density at radius 3 is 2.68 bits per heavy atom. The molecule has 0 aromatic carbocycles. The second-order valence-corrected chi connectivity index (χ2v) is 6.55. The molecule has 7 nitrogen and oxygen atoms in total. The maximum atomic E-state index is 11.9. The SMILES string of the molecule is N#CC1(NC(=O)COC(=O)CN2CCSC2=O)CCCCC1. The molecule has 0 unspecified atom stereocenters. The quantitative estimate of drug-likeness (QED) is 0.758. The summed E-state index contributed by atoms with van der Waals surface area (Å²) in [6.07, 6.45) is 4.13. The number of carbonyl (C=O) groups excluding carboxylic acids is 3. The summed E-state index contributed by atoms with van der Waals surface area (Å²) in [4.78, 5) is 36.2. The van der Waals surface area contributed by atoms with E-state index in [9.17, 15) is 19.6 Å². The van der Waals surface area contributed by atoms with Crippen molar-refractivity contribution in [3.05, 3.63) is 0 Å². The summed E-state index contributed by atoms with van der Waals surface area (Å²) in [5.41, 5.74) is -0.830. The third-order valence-electron chi connectivity index (χ3n) is 3.83. The molecule has 8 heteroatoms. The largest absolute Gasteiger partial charge is 0.454 e. The van der Waals surface area contributed by atoms with E-state index >= 15 is 0 Å². The topological polar surface area (TPSA) is 99.5 Å². The number of nitriles is 1. The average molecular weight is 325 g/mol. The molecule has 0 radical (unpaired) electrons. The molecule has 2 amide bonds. The fourth-order valence-corrected chi connectivity index (χ4v) is 3.46. The molecule has 1 N–H and O–H groups in total. The molecule has 1 aliphatic heterocycles. The highest BCUT2D eigenvalue weighted by molar-refractivity contribution is 8.13. The van der Waals surface area contributed by atoms with Crippen molar-refractivity contribution in [2.75, 3.05) is 25.4 Å². The van der Waals surface area contributed by atoms with Crippen molar-refractivity contribution in [3.63, 3.8) is 0 Å². The molecule has 1 aliphatic carbocycles. The summed E-state index contributed by atoms with van der Waals surface area (Å²) in [5.74, 6) is -0.420. The van der Waals surface area contributed by atoms with Crippen LogP contribution >= 0.6 is 11.8 Å².